The van der Waals surface area contributed by atoms with E-state index in [-0.39, 0.29) is 17.7 Å². The van der Waals surface area contributed by atoms with Crippen LogP contribution >= 0.6 is 0 Å². The van der Waals surface area contributed by atoms with Gasteiger partial charge in [0, 0.05) is 0 Å². The summed E-state index contributed by atoms with van der Waals surface area (Å²) in [6.07, 6.45) is 1.66. The maximum Gasteiger partial charge on any atom is 0.244 e. The van der Waals surface area contributed by atoms with Crippen LogP contribution in [-0.4, -0.2) is 29.0 Å². The van der Waals surface area contributed by atoms with Crippen LogP contribution in [-0.2, 0) is 0 Å². The molecule has 1 aliphatic rings. The standard InChI is InChI=1S/C18H17F2N3O/c19-13-4-1-2-6-15(13)23-16-7-3-5-14(20)17(16)18(22-23)24-12-8-10-21-11-9-12/h1-7,12,21H,8-11H2. The molecule has 0 amide bonds. The van der Waals surface area contributed by atoms with Crippen LogP contribution in [0.4, 0.5) is 8.78 Å². The smallest absolute Gasteiger partial charge is 0.244 e. The summed E-state index contributed by atoms with van der Waals surface area (Å²) in [6, 6.07) is 11.0. The molecule has 0 spiro atoms. The van der Waals surface area contributed by atoms with E-state index in [0.717, 1.165) is 25.9 Å². The third kappa shape index (κ3) is 2.63. The molecule has 0 radical (unpaired) electrons. The second-order valence-corrected chi connectivity index (χ2v) is 5.87. The zero-order chi connectivity index (χ0) is 16.5. The number of nitrogens with one attached hydrogen (secondary N) is 1. The number of ether oxygens (including phenoxy) is 1. The summed E-state index contributed by atoms with van der Waals surface area (Å²) in [5.41, 5.74) is 0.761. The molecule has 1 N–H and O–H groups in total. The van der Waals surface area contributed by atoms with Gasteiger partial charge in [0.05, 0.1) is 10.9 Å². The average molecular weight is 329 g/mol. The first kappa shape index (κ1) is 15.1. The maximum atomic E-state index is 14.4. The first-order valence-electron chi connectivity index (χ1n) is 8.03. The summed E-state index contributed by atoms with van der Waals surface area (Å²) >= 11 is 0. The number of hydrogen-bond donors (Lipinski definition) is 1. The lowest BCUT2D eigenvalue weighted by molar-refractivity contribution is 0.157. The minimum atomic E-state index is -0.418. The normalized spacial score (nSPS) is 15.8. The Morgan fingerprint density at radius 1 is 1.00 bits per heavy atom. The molecule has 4 rings (SSSR count). The van der Waals surface area contributed by atoms with Crippen molar-refractivity contribution in [1.82, 2.24) is 15.1 Å². The number of benzene rings is 2. The summed E-state index contributed by atoms with van der Waals surface area (Å²) in [6.45, 7) is 1.72. The molecule has 0 unspecified atom stereocenters. The third-order valence-electron chi connectivity index (χ3n) is 4.27. The minimum absolute atomic E-state index is 0.0157. The second-order valence-electron chi connectivity index (χ2n) is 5.87. The quantitative estimate of drug-likeness (QED) is 0.800. The molecule has 0 aliphatic carbocycles. The molecule has 2 heterocycles. The molecule has 1 fully saturated rings. The third-order valence-corrected chi connectivity index (χ3v) is 4.27. The molecule has 0 atom stereocenters. The Hall–Kier alpha value is -2.47. The van der Waals surface area contributed by atoms with Gasteiger partial charge in [-0.25, -0.2) is 13.5 Å². The Morgan fingerprint density at radius 2 is 1.75 bits per heavy atom. The Morgan fingerprint density at radius 3 is 2.54 bits per heavy atom. The summed E-state index contributed by atoms with van der Waals surface area (Å²) in [5, 5.41) is 7.92. The highest BCUT2D eigenvalue weighted by Crippen LogP contribution is 2.31. The largest absolute Gasteiger partial charge is 0.473 e. The predicted molar refractivity (Wildman–Crippen MR) is 87.5 cm³/mol. The molecular formula is C18H17F2N3O. The van der Waals surface area contributed by atoms with Crippen molar-refractivity contribution < 1.29 is 13.5 Å². The highest BCUT2D eigenvalue weighted by atomic mass is 19.1. The minimum Gasteiger partial charge on any atom is -0.473 e. The topological polar surface area (TPSA) is 39.1 Å². The molecule has 2 aromatic carbocycles. The fourth-order valence-corrected chi connectivity index (χ4v) is 3.06. The SMILES string of the molecule is Fc1ccccc1-n1nc(OC2CCNCC2)c2c(F)cccc21. The lowest BCUT2D eigenvalue weighted by atomic mass is 10.1. The molecule has 3 aromatic rings. The highest BCUT2D eigenvalue weighted by molar-refractivity contribution is 5.86. The monoisotopic (exact) mass is 329 g/mol. The van der Waals surface area contributed by atoms with Gasteiger partial charge in [-0.15, -0.1) is 5.10 Å². The van der Waals surface area contributed by atoms with E-state index < -0.39 is 11.6 Å². The van der Waals surface area contributed by atoms with Crippen LogP contribution < -0.4 is 10.1 Å². The van der Waals surface area contributed by atoms with Crippen LogP contribution in [0.5, 0.6) is 5.88 Å². The molecule has 124 valence electrons. The van der Waals surface area contributed by atoms with Crippen LogP contribution in [0.25, 0.3) is 16.6 Å². The van der Waals surface area contributed by atoms with E-state index in [1.165, 1.54) is 16.8 Å². The van der Waals surface area contributed by atoms with Crippen LogP contribution in [0, 0.1) is 11.6 Å². The van der Waals surface area contributed by atoms with Gasteiger partial charge in [-0.1, -0.05) is 18.2 Å². The van der Waals surface area contributed by atoms with Gasteiger partial charge in [0.15, 0.2) is 0 Å². The van der Waals surface area contributed by atoms with E-state index in [9.17, 15) is 8.78 Å². The van der Waals surface area contributed by atoms with E-state index in [0.29, 0.717) is 10.9 Å². The summed E-state index contributed by atoms with van der Waals surface area (Å²) in [7, 11) is 0. The Kier molecular flexibility index (Phi) is 3.90. The summed E-state index contributed by atoms with van der Waals surface area (Å²) in [4.78, 5) is 0. The van der Waals surface area contributed by atoms with Gasteiger partial charge in [0.1, 0.15) is 23.4 Å². The predicted octanol–water partition coefficient (Wildman–Crippen LogP) is 3.43. The molecular weight excluding hydrogens is 312 g/mol. The van der Waals surface area contributed by atoms with E-state index in [1.54, 1.807) is 30.3 Å². The lowest BCUT2D eigenvalue weighted by Gasteiger charge is -2.22. The van der Waals surface area contributed by atoms with Crippen LogP contribution in [0.2, 0.25) is 0 Å². The number of rotatable bonds is 3. The lowest BCUT2D eigenvalue weighted by Crippen LogP contribution is -2.34. The van der Waals surface area contributed by atoms with Gasteiger partial charge in [-0.05, 0) is 50.2 Å². The number of hydrogen-bond acceptors (Lipinski definition) is 3. The first-order valence-corrected chi connectivity index (χ1v) is 8.03. The number of halogens is 2. The van der Waals surface area contributed by atoms with Gasteiger partial charge < -0.3 is 10.1 Å². The molecule has 1 saturated heterocycles. The number of nitrogens with zero attached hydrogens (tertiary/aromatic N) is 2. The molecule has 24 heavy (non-hydrogen) atoms. The van der Waals surface area contributed by atoms with Crippen LogP contribution in [0.3, 0.4) is 0 Å². The molecule has 6 heteroatoms. The second kappa shape index (κ2) is 6.20. The molecule has 0 saturated carbocycles. The zero-order valence-corrected chi connectivity index (χ0v) is 13.0. The van der Waals surface area contributed by atoms with Gasteiger partial charge in [-0.3, -0.25) is 0 Å². The number of para-hydroxylation sites is 1. The Labute approximate surface area is 138 Å². The zero-order valence-electron chi connectivity index (χ0n) is 13.0. The van der Waals surface area contributed by atoms with Crippen molar-refractivity contribution >= 4 is 10.9 Å². The summed E-state index contributed by atoms with van der Waals surface area (Å²) in [5.74, 6) is -0.614. The fraction of sp³-hybridized carbons (Fsp3) is 0.278. The van der Waals surface area contributed by atoms with Crippen molar-refractivity contribution in [3.63, 3.8) is 0 Å². The van der Waals surface area contributed by atoms with Crippen LogP contribution in [0.1, 0.15) is 12.8 Å². The van der Waals surface area contributed by atoms with E-state index in [2.05, 4.69) is 10.4 Å². The van der Waals surface area contributed by atoms with Crippen molar-refractivity contribution in [1.29, 1.82) is 0 Å². The first-order chi connectivity index (χ1) is 11.7. The summed E-state index contributed by atoms with van der Waals surface area (Å²) < 4.78 is 35.9. The van der Waals surface area contributed by atoms with Crippen molar-refractivity contribution in [2.45, 2.75) is 18.9 Å². The fourth-order valence-electron chi connectivity index (χ4n) is 3.06. The van der Waals surface area contributed by atoms with Gasteiger partial charge in [0.2, 0.25) is 5.88 Å². The van der Waals surface area contributed by atoms with Gasteiger partial charge >= 0.3 is 0 Å². The molecule has 1 aliphatic heterocycles. The number of aromatic nitrogens is 2. The van der Waals surface area contributed by atoms with Gasteiger partial charge in [-0.2, -0.15) is 0 Å². The Bertz CT molecular complexity index is 872. The van der Waals surface area contributed by atoms with E-state index in [4.69, 9.17) is 4.74 Å². The molecule has 0 bridgehead atoms. The number of piperidine rings is 1. The highest BCUT2D eigenvalue weighted by Gasteiger charge is 2.22. The molecule has 1 aromatic heterocycles. The van der Waals surface area contributed by atoms with Crippen LogP contribution in [0.15, 0.2) is 42.5 Å². The van der Waals surface area contributed by atoms with Crippen molar-refractivity contribution in [3.05, 3.63) is 54.1 Å². The van der Waals surface area contributed by atoms with Crippen molar-refractivity contribution in [2.75, 3.05) is 13.1 Å². The average Bonchev–Trinajstić information content (AvgIpc) is 2.96. The van der Waals surface area contributed by atoms with Crippen molar-refractivity contribution in [2.24, 2.45) is 0 Å². The number of fused-ring (bicyclic) bond motifs is 1. The van der Waals surface area contributed by atoms with E-state index >= 15 is 0 Å². The molecule has 4 nitrogen and oxygen atoms in total. The maximum absolute atomic E-state index is 14.4. The van der Waals surface area contributed by atoms with Gasteiger partial charge in [0.25, 0.3) is 0 Å². The van der Waals surface area contributed by atoms with Crippen molar-refractivity contribution in [3.8, 4) is 11.6 Å². The Balaban J connectivity index is 1.83. The van der Waals surface area contributed by atoms with E-state index in [1.807, 2.05) is 0 Å².